The van der Waals surface area contributed by atoms with Crippen LogP contribution in [0.3, 0.4) is 0 Å². The summed E-state index contributed by atoms with van der Waals surface area (Å²) in [6.07, 6.45) is 4.83. The minimum Gasteiger partial charge on any atom is -0.465 e. The zero-order valence-electron chi connectivity index (χ0n) is 12.1. The van der Waals surface area contributed by atoms with Crippen LogP contribution in [0.1, 0.15) is 36.7 Å². The molecule has 0 aromatic carbocycles. The summed E-state index contributed by atoms with van der Waals surface area (Å²) in [6.45, 7) is 6.86. The topological polar surface area (TPSA) is 60.2 Å². The van der Waals surface area contributed by atoms with E-state index in [9.17, 15) is 0 Å². The number of aryl methyl sites for hydroxylation is 1. The van der Waals surface area contributed by atoms with E-state index in [2.05, 4.69) is 27.4 Å². The number of rotatable bonds is 4. The van der Waals surface area contributed by atoms with Crippen LogP contribution in [0.15, 0.2) is 28.9 Å². The number of aromatic nitrogens is 2. The van der Waals surface area contributed by atoms with Gasteiger partial charge in [0.1, 0.15) is 17.3 Å². The first kappa shape index (κ1) is 13.4. The molecule has 2 atom stereocenters. The fourth-order valence-corrected chi connectivity index (χ4v) is 2.93. The van der Waals surface area contributed by atoms with Gasteiger partial charge in [0.15, 0.2) is 0 Å². The van der Waals surface area contributed by atoms with E-state index >= 15 is 0 Å². The Morgan fingerprint density at radius 1 is 1.40 bits per heavy atom. The van der Waals surface area contributed by atoms with Gasteiger partial charge in [-0.05, 0) is 25.5 Å². The lowest BCUT2D eigenvalue weighted by Crippen LogP contribution is -2.44. The summed E-state index contributed by atoms with van der Waals surface area (Å²) in [5.41, 5.74) is 6.36. The molecule has 0 saturated carbocycles. The Kier molecular flexibility index (Phi) is 3.63. The molecule has 3 rings (SSSR count). The van der Waals surface area contributed by atoms with Crippen LogP contribution in [0.4, 0.5) is 0 Å². The number of hydrogen-bond acceptors (Lipinski definition) is 4. The fraction of sp³-hybridized carbons (Fsp3) is 0.533. The van der Waals surface area contributed by atoms with Crippen LogP contribution >= 0.6 is 0 Å². The zero-order chi connectivity index (χ0) is 14.1. The summed E-state index contributed by atoms with van der Waals surface area (Å²) >= 11 is 0. The van der Waals surface area contributed by atoms with Crippen LogP contribution in [0.25, 0.3) is 0 Å². The maximum Gasteiger partial charge on any atom is 0.122 e. The lowest BCUT2D eigenvalue weighted by Gasteiger charge is -2.36. The molecular formula is C15H22N4O. The van der Waals surface area contributed by atoms with Crippen LogP contribution in [0.2, 0.25) is 0 Å². The highest BCUT2D eigenvalue weighted by molar-refractivity contribution is 5.13. The van der Waals surface area contributed by atoms with E-state index in [4.69, 9.17) is 10.2 Å². The van der Waals surface area contributed by atoms with Crippen LogP contribution in [-0.2, 0) is 13.1 Å². The van der Waals surface area contributed by atoms with Gasteiger partial charge in [0, 0.05) is 31.5 Å². The second-order valence-electron chi connectivity index (χ2n) is 5.47. The van der Waals surface area contributed by atoms with Crippen molar-refractivity contribution in [3.63, 3.8) is 0 Å². The number of fused-ring (bicyclic) bond motifs is 1. The number of furan rings is 1. The quantitative estimate of drug-likeness (QED) is 0.927. The highest BCUT2D eigenvalue weighted by Gasteiger charge is 2.31. The zero-order valence-corrected chi connectivity index (χ0v) is 12.1. The number of imidazole rings is 1. The molecule has 2 unspecified atom stereocenters. The Morgan fingerprint density at radius 2 is 2.25 bits per heavy atom. The number of hydrogen-bond donors (Lipinski definition) is 1. The van der Waals surface area contributed by atoms with Crippen molar-refractivity contribution in [3.05, 3.63) is 41.9 Å². The molecule has 0 aliphatic carbocycles. The molecule has 3 heterocycles. The number of nitrogens with two attached hydrogens (primary N) is 1. The van der Waals surface area contributed by atoms with Gasteiger partial charge in [-0.1, -0.05) is 6.92 Å². The molecule has 1 aliphatic rings. The van der Waals surface area contributed by atoms with Crippen molar-refractivity contribution in [2.45, 2.75) is 45.4 Å². The van der Waals surface area contributed by atoms with Crippen molar-refractivity contribution in [1.82, 2.24) is 14.5 Å². The molecule has 2 N–H and O–H groups in total. The van der Waals surface area contributed by atoms with Crippen LogP contribution in [-0.4, -0.2) is 27.0 Å². The molecule has 108 valence electrons. The van der Waals surface area contributed by atoms with E-state index in [0.29, 0.717) is 0 Å². The maximum atomic E-state index is 6.36. The van der Waals surface area contributed by atoms with Gasteiger partial charge in [-0.3, -0.25) is 4.90 Å². The third kappa shape index (κ3) is 2.39. The van der Waals surface area contributed by atoms with Gasteiger partial charge >= 0.3 is 0 Å². The van der Waals surface area contributed by atoms with Crippen molar-refractivity contribution >= 4 is 0 Å². The predicted molar refractivity (Wildman–Crippen MR) is 77.1 cm³/mol. The Hall–Kier alpha value is -1.59. The van der Waals surface area contributed by atoms with Crippen molar-refractivity contribution < 1.29 is 4.42 Å². The maximum absolute atomic E-state index is 6.36. The second-order valence-corrected chi connectivity index (χ2v) is 5.47. The predicted octanol–water partition coefficient (Wildman–Crippen LogP) is 2.08. The molecule has 5 nitrogen and oxygen atoms in total. The van der Waals surface area contributed by atoms with Gasteiger partial charge in [0.2, 0.25) is 0 Å². The summed E-state index contributed by atoms with van der Waals surface area (Å²) < 4.78 is 8.05. The molecule has 2 aromatic heterocycles. The van der Waals surface area contributed by atoms with Crippen LogP contribution in [0, 0.1) is 6.92 Å². The van der Waals surface area contributed by atoms with Crippen LogP contribution < -0.4 is 5.73 Å². The van der Waals surface area contributed by atoms with Crippen LogP contribution in [0.5, 0.6) is 0 Å². The molecule has 0 bridgehead atoms. The molecular weight excluding hydrogens is 252 g/mol. The minimum absolute atomic E-state index is 0.0714. The molecule has 0 fully saturated rings. The first-order valence-electron chi connectivity index (χ1n) is 7.25. The van der Waals surface area contributed by atoms with Crippen molar-refractivity contribution in [1.29, 1.82) is 0 Å². The lowest BCUT2D eigenvalue weighted by atomic mass is 10.0. The lowest BCUT2D eigenvalue weighted by molar-refractivity contribution is 0.113. The van der Waals surface area contributed by atoms with E-state index in [1.807, 2.05) is 25.4 Å². The average molecular weight is 274 g/mol. The molecule has 5 heteroatoms. The average Bonchev–Trinajstić information content (AvgIpc) is 3.07. The first-order valence-corrected chi connectivity index (χ1v) is 7.25. The normalized spacial score (nSPS) is 18.8. The molecule has 0 amide bonds. The van der Waals surface area contributed by atoms with Gasteiger partial charge in [0.05, 0.1) is 12.6 Å². The molecule has 0 saturated heterocycles. The molecule has 2 aromatic rings. The van der Waals surface area contributed by atoms with E-state index in [-0.39, 0.29) is 12.1 Å². The largest absolute Gasteiger partial charge is 0.465 e. The van der Waals surface area contributed by atoms with Crippen molar-refractivity contribution in [3.8, 4) is 0 Å². The Balaban J connectivity index is 1.87. The Bertz CT molecular complexity index is 574. The van der Waals surface area contributed by atoms with Gasteiger partial charge in [0.25, 0.3) is 0 Å². The summed E-state index contributed by atoms with van der Waals surface area (Å²) in [7, 11) is 0. The Labute approximate surface area is 119 Å². The van der Waals surface area contributed by atoms with E-state index in [1.54, 1.807) is 0 Å². The van der Waals surface area contributed by atoms with Gasteiger partial charge in [-0.15, -0.1) is 0 Å². The van der Waals surface area contributed by atoms with Crippen molar-refractivity contribution in [2.75, 3.05) is 6.54 Å². The highest BCUT2D eigenvalue weighted by atomic mass is 16.3. The standard InChI is InChI=1S/C15H22N4O/c1-3-12(16)15(13-5-4-11(2)20-13)19-9-8-18-7-6-17-14(18)10-19/h4-7,12,15H,3,8-10,16H2,1-2H3. The van der Waals surface area contributed by atoms with E-state index in [0.717, 1.165) is 43.4 Å². The number of nitrogens with zero attached hydrogens (tertiary/aromatic N) is 3. The van der Waals surface area contributed by atoms with Gasteiger partial charge in [-0.25, -0.2) is 4.98 Å². The third-order valence-electron chi connectivity index (χ3n) is 4.10. The molecule has 1 aliphatic heterocycles. The third-order valence-corrected chi connectivity index (χ3v) is 4.10. The van der Waals surface area contributed by atoms with Gasteiger partial charge < -0.3 is 14.7 Å². The summed E-state index contributed by atoms with van der Waals surface area (Å²) in [5, 5.41) is 0. The second kappa shape index (κ2) is 5.42. The first-order chi connectivity index (χ1) is 9.69. The smallest absolute Gasteiger partial charge is 0.122 e. The van der Waals surface area contributed by atoms with E-state index < -0.39 is 0 Å². The molecule has 20 heavy (non-hydrogen) atoms. The van der Waals surface area contributed by atoms with Crippen molar-refractivity contribution in [2.24, 2.45) is 5.73 Å². The highest BCUT2D eigenvalue weighted by Crippen LogP contribution is 2.29. The van der Waals surface area contributed by atoms with Gasteiger partial charge in [-0.2, -0.15) is 0 Å². The SMILES string of the molecule is CCC(N)C(c1ccc(C)o1)N1CCn2ccnc2C1. The monoisotopic (exact) mass is 274 g/mol. The molecule has 0 radical (unpaired) electrons. The molecule has 0 spiro atoms. The summed E-state index contributed by atoms with van der Waals surface area (Å²) in [6, 6.07) is 4.26. The fourth-order valence-electron chi connectivity index (χ4n) is 2.93. The summed E-state index contributed by atoms with van der Waals surface area (Å²) in [4.78, 5) is 6.81. The summed E-state index contributed by atoms with van der Waals surface area (Å²) in [5.74, 6) is 3.01. The van der Waals surface area contributed by atoms with E-state index in [1.165, 1.54) is 0 Å². The Morgan fingerprint density at radius 3 is 2.95 bits per heavy atom. The minimum atomic E-state index is 0.0714.